The van der Waals surface area contributed by atoms with E-state index in [1.165, 1.54) is 35.9 Å². The molecule has 0 saturated carbocycles. The van der Waals surface area contributed by atoms with Gasteiger partial charge in [-0.2, -0.15) is 0 Å². The summed E-state index contributed by atoms with van der Waals surface area (Å²) in [6, 6.07) is 10.6. The summed E-state index contributed by atoms with van der Waals surface area (Å²) in [5.74, 6) is -1.85. The van der Waals surface area contributed by atoms with Crippen LogP contribution in [-0.2, 0) is 17.1 Å². The lowest BCUT2D eigenvalue weighted by molar-refractivity contribution is 0.439. The molecule has 4 aromatic rings. The molecule has 1 N–H and O–H groups in total. The average Bonchev–Trinajstić information content (AvgIpc) is 2.79. The number of sulfonamides is 1. The Morgan fingerprint density at radius 2 is 1.82 bits per heavy atom. The summed E-state index contributed by atoms with van der Waals surface area (Å²) < 4.78 is 61.4. The lowest BCUT2D eigenvalue weighted by atomic mass is 10.0. The Labute approximate surface area is 188 Å². The number of ether oxygens (including phenoxy) is 1. The van der Waals surface area contributed by atoms with Gasteiger partial charge in [0.25, 0.3) is 5.56 Å². The van der Waals surface area contributed by atoms with E-state index in [0.29, 0.717) is 28.1 Å². The molecule has 170 valence electrons. The number of anilines is 1. The molecule has 0 fully saturated rings. The van der Waals surface area contributed by atoms with E-state index in [9.17, 15) is 22.0 Å². The van der Waals surface area contributed by atoms with Gasteiger partial charge in [0.2, 0.25) is 10.0 Å². The van der Waals surface area contributed by atoms with Crippen molar-refractivity contribution >= 4 is 26.6 Å². The Kier molecular flexibility index (Phi) is 5.86. The fraction of sp³-hybridized carbons (Fsp3) is 0.130. The molecule has 0 bridgehead atoms. The second kappa shape index (κ2) is 8.62. The first-order valence-corrected chi connectivity index (χ1v) is 11.6. The number of hydrogen-bond donors (Lipinski definition) is 1. The van der Waals surface area contributed by atoms with Gasteiger partial charge in [0, 0.05) is 42.3 Å². The van der Waals surface area contributed by atoms with Crippen molar-refractivity contribution in [1.29, 1.82) is 0 Å². The van der Waals surface area contributed by atoms with Gasteiger partial charge in [-0.3, -0.25) is 14.5 Å². The molecule has 0 spiro atoms. The molecule has 2 aromatic heterocycles. The van der Waals surface area contributed by atoms with E-state index < -0.39 is 21.7 Å². The molecule has 7 nitrogen and oxygen atoms in total. The number of halogens is 2. The standard InChI is InChI=1S/C23H19F2N3O4S/c1-3-33(30,31)27-15-7-9-20(32-21-8-6-14(24)11-19(21)25)17(12-15)18-13-28(2)23(29)16-5-4-10-26-22(16)18/h4-13,27H,3H2,1-2H3. The van der Waals surface area contributed by atoms with Crippen LogP contribution in [0, 0.1) is 11.6 Å². The maximum Gasteiger partial charge on any atom is 0.259 e. The number of rotatable bonds is 6. The van der Waals surface area contributed by atoms with Gasteiger partial charge in [-0.15, -0.1) is 0 Å². The van der Waals surface area contributed by atoms with Crippen LogP contribution < -0.4 is 15.0 Å². The fourth-order valence-electron chi connectivity index (χ4n) is 3.31. The maximum absolute atomic E-state index is 14.3. The van der Waals surface area contributed by atoms with E-state index in [2.05, 4.69) is 9.71 Å². The predicted octanol–water partition coefficient (Wildman–Crippen LogP) is 4.43. The van der Waals surface area contributed by atoms with Crippen LogP contribution in [0.15, 0.2) is 65.7 Å². The molecule has 0 aliphatic carbocycles. The highest BCUT2D eigenvalue weighted by Gasteiger charge is 2.18. The van der Waals surface area contributed by atoms with E-state index in [0.717, 1.165) is 12.1 Å². The second-order valence-corrected chi connectivity index (χ2v) is 9.26. The molecular formula is C23H19F2N3O4S. The Hall–Kier alpha value is -3.79. The molecule has 33 heavy (non-hydrogen) atoms. The van der Waals surface area contributed by atoms with Gasteiger partial charge in [0.1, 0.15) is 11.6 Å². The lowest BCUT2D eigenvalue weighted by Crippen LogP contribution is -2.17. The molecule has 0 amide bonds. The predicted molar refractivity (Wildman–Crippen MR) is 122 cm³/mol. The minimum atomic E-state index is -3.58. The number of hydrogen-bond acceptors (Lipinski definition) is 5. The van der Waals surface area contributed by atoms with E-state index in [4.69, 9.17) is 4.74 Å². The highest BCUT2D eigenvalue weighted by Crippen LogP contribution is 2.38. The van der Waals surface area contributed by atoms with E-state index >= 15 is 0 Å². The smallest absolute Gasteiger partial charge is 0.259 e. The molecule has 0 radical (unpaired) electrons. The quantitative estimate of drug-likeness (QED) is 0.449. The number of benzene rings is 2. The largest absolute Gasteiger partial charge is 0.454 e. The summed E-state index contributed by atoms with van der Waals surface area (Å²) >= 11 is 0. The van der Waals surface area contributed by atoms with E-state index in [1.807, 2.05) is 0 Å². The third kappa shape index (κ3) is 4.56. The first kappa shape index (κ1) is 22.4. The van der Waals surface area contributed by atoms with Crippen LogP contribution in [0.3, 0.4) is 0 Å². The van der Waals surface area contributed by atoms with Crippen LogP contribution >= 0.6 is 0 Å². The average molecular weight is 471 g/mol. The number of aromatic nitrogens is 2. The van der Waals surface area contributed by atoms with Gasteiger partial charge in [-0.05, 0) is 49.4 Å². The minimum Gasteiger partial charge on any atom is -0.454 e. The highest BCUT2D eigenvalue weighted by atomic mass is 32.2. The fourth-order valence-corrected chi connectivity index (χ4v) is 3.94. The molecule has 0 atom stereocenters. The number of aryl methyl sites for hydroxylation is 1. The van der Waals surface area contributed by atoms with Crippen molar-refractivity contribution in [3.8, 4) is 22.6 Å². The zero-order valence-corrected chi connectivity index (χ0v) is 18.5. The molecule has 10 heteroatoms. The van der Waals surface area contributed by atoms with Crippen molar-refractivity contribution in [3.05, 3.63) is 82.9 Å². The van der Waals surface area contributed by atoms with Gasteiger partial charge in [-0.25, -0.2) is 17.2 Å². The number of pyridine rings is 2. The van der Waals surface area contributed by atoms with Crippen molar-refractivity contribution in [2.45, 2.75) is 6.92 Å². The third-order valence-corrected chi connectivity index (χ3v) is 6.28. The topological polar surface area (TPSA) is 90.3 Å². The molecule has 4 rings (SSSR count). The van der Waals surface area contributed by atoms with Gasteiger partial charge >= 0.3 is 0 Å². The molecule has 0 aliphatic rings. The second-order valence-electron chi connectivity index (χ2n) is 7.25. The number of nitrogens with one attached hydrogen (secondary N) is 1. The molecule has 2 aromatic carbocycles. The molecule has 2 heterocycles. The van der Waals surface area contributed by atoms with Crippen LogP contribution in [-0.4, -0.2) is 23.7 Å². The SMILES string of the molecule is CCS(=O)(=O)Nc1ccc(Oc2ccc(F)cc2F)c(-c2cn(C)c(=O)c3cccnc23)c1. The van der Waals surface area contributed by atoms with E-state index in [1.54, 1.807) is 25.4 Å². The summed E-state index contributed by atoms with van der Waals surface area (Å²) in [7, 11) is -2.00. The molecule has 0 saturated heterocycles. The monoisotopic (exact) mass is 471 g/mol. The van der Waals surface area contributed by atoms with E-state index in [-0.39, 0.29) is 28.5 Å². The third-order valence-electron chi connectivity index (χ3n) is 4.97. The van der Waals surface area contributed by atoms with Crippen LogP contribution in [0.4, 0.5) is 14.5 Å². The Bertz CT molecular complexity index is 1540. The summed E-state index contributed by atoms with van der Waals surface area (Å²) in [5, 5.41) is 0.343. The summed E-state index contributed by atoms with van der Waals surface area (Å²) in [4.78, 5) is 16.9. The first-order valence-electron chi connectivity index (χ1n) is 9.90. The maximum atomic E-state index is 14.3. The lowest BCUT2D eigenvalue weighted by Gasteiger charge is -2.16. The molecule has 0 aliphatic heterocycles. The van der Waals surface area contributed by atoms with Crippen LogP contribution in [0.5, 0.6) is 11.5 Å². The van der Waals surface area contributed by atoms with Crippen molar-refractivity contribution < 1.29 is 21.9 Å². The Morgan fingerprint density at radius 1 is 1.06 bits per heavy atom. The van der Waals surface area contributed by atoms with Crippen molar-refractivity contribution in [3.63, 3.8) is 0 Å². The van der Waals surface area contributed by atoms with Gasteiger partial charge in [-0.1, -0.05) is 0 Å². The Balaban J connectivity index is 1.95. The van der Waals surface area contributed by atoms with Crippen molar-refractivity contribution in [2.24, 2.45) is 7.05 Å². The van der Waals surface area contributed by atoms with Crippen LogP contribution in [0.25, 0.3) is 22.0 Å². The van der Waals surface area contributed by atoms with Crippen LogP contribution in [0.1, 0.15) is 6.92 Å². The molecular weight excluding hydrogens is 452 g/mol. The van der Waals surface area contributed by atoms with Gasteiger partial charge < -0.3 is 9.30 Å². The van der Waals surface area contributed by atoms with Gasteiger partial charge in [0.05, 0.1) is 16.7 Å². The summed E-state index contributed by atoms with van der Waals surface area (Å²) in [6.07, 6.45) is 3.06. The number of fused-ring (bicyclic) bond motifs is 1. The minimum absolute atomic E-state index is 0.133. The summed E-state index contributed by atoms with van der Waals surface area (Å²) in [5.41, 5.74) is 1.16. The van der Waals surface area contributed by atoms with Crippen molar-refractivity contribution in [1.82, 2.24) is 9.55 Å². The first-order chi connectivity index (χ1) is 15.7. The van der Waals surface area contributed by atoms with Crippen molar-refractivity contribution in [2.75, 3.05) is 10.5 Å². The van der Waals surface area contributed by atoms with Gasteiger partial charge in [0.15, 0.2) is 11.6 Å². The van der Waals surface area contributed by atoms with Crippen LogP contribution in [0.2, 0.25) is 0 Å². The zero-order chi connectivity index (χ0) is 23.8. The highest BCUT2D eigenvalue weighted by molar-refractivity contribution is 7.92. The normalized spacial score (nSPS) is 11.5. The Morgan fingerprint density at radius 3 is 2.55 bits per heavy atom. The number of nitrogens with zero attached hydrogens (tertiary/aromatic N) is 2. The zero-order valence-electron chi connectivity index (χ0n) is 17.7. The summed E-state index contributed by atoms with van der Waals surface area (Å²) in [6.45, 7) is 1.50. The molecule has 0 unspecified atom stereocenters.